The molecule has 138 valence electrons. The van der Waals surface area contributed by atoms with E-state index in [-0.39, 0.29) is 12.8 Å². The number of halogens is 6. The summed E-state index contributed by atoms with van der Waals surface area (Å²) < 4.78 is 75.0. The van der Waals surface area contributed by atoms with E-state index in [1.807, 2.05) is 0 Å². The highest BCUT2D eigenvalue weighted by molar-refractivity contribution is 4.89. The van der Waals surface area contributed by atoms with E-state index in [0.29, 0.717) is 25.7 Å². The normalized spacial score (nSPS) is 24.0. The van der Waals surface area contributed by atoms with Crippen LogP contribution in [0.15, 0.2) is 0 Å². The molecule has 0 nitrogen and oxygen atoms in total. The fourth-order valence-electron chi connectivity index (χ4n) is 3.96. The van der Waals surface area contributed by atoms with Crippen LogP contribution < -0.4 is 0 Å². The SMILES string of the molecule is CCC1(C(F)(F)F)CCCC1.CCC1(C(F)(F)F)CCCCC1. The van der Waals surface area contributed by atoms with Gasteiger partial charge in [-0.1, -0.05) is 46.0 Å². The van der Waals surface area contributed by atoms with Crippen molar-refractivity contribution in [1.82, 2.24) is 0 Å². The molecule has 0 saturated heterocycles. The molecule has 0 aliphatic heterocycles. The summed E-state index contributed by atoms with van der Waals surface area (Å²) >= 11 is 0. The van der Waals surface area contributed by atoms with Gasteiger partial charge in [-0.25, -0.2) is 0 Å². The maximum absolute atomic E-state index is 12.6. The highest BCUT2D eigenvalue weighted by Crippen LogP contribution is 2.52. The summed E-state index contributed by atoms with van der Waals surface area (Å²) in [6, 6.07) is 0. The van der Waals surface area contributed by atoms with Crippen LogP contribution >= 0.6 is 0 Å². The zero-order valence-corrected chi connectivity index (χ0v) is 14.0. The predicted molar refractivity (Wildman–Crippen MR) is 79.1 cm³/mol. The minimum Gasteiger partial charge on any atom is -0.171 e. The van der Waals surface area contributed by atoms with Crippen LogP contribution in [0.5, 0.6) is 0 Å². The van der Waals surface area contributed by atoms with Crippen LogP contribution in [0.4, 0.5) is 26.3 Å². The molecule has 0 radical (unpaired) electrons. The first-order chi connectivity index (χ1) is 10.5. The zero-order valence-electron chi connectivity index (χ0n) is 14.0. The topological polar surface area (TPSA) is 0 Å². The molecule has 0 unspecified atom stereocenters. The van der Waals surface area contributed by atoms with E-state index in [1.54, 1.807) is 13.8 Å². The van der Waals surface area contributed by atoms with Gasteiger partial charge in [-0.05, 0) is 38.5 Å². The molecular formula is C17H28F6. The first-order valence-electron chi connectivity index (χ1n) is 8.67. The largest absolute Gasteiger partial charge is 0.394 e. The van der Waals surface area contributed by atoms with E-state index in [0.717, 1.165) is 32.1 Å². The van der Waals surface area contributed by atoms with E-state index in [1.165, 1.54) is 0 Å². The molecule has 0 amide bonds. The second-order valence-electron chi connectivity index (χ2n) is 7.03. The van der Waals surface area contributed by atoms with Gasteiger partial charge in [-0.15, -0.1) is 0 Å². The highest BCUT2D eigenvalue weighted by atomic mass is 19.4. The van der Waals surface area contributed by atoms with Crippen molar-refractivity contribution in [2.75, 3.05) is 0 Å². The number of rotatable bonds is 2. The maximum Gasteiger partial charge on any atom is 0.394 e. The van der Waals surface area contributed by atoms with E-state index >= 15 is 0 Å². The van der Waals surface area contributed by atoms with Gasteiger partial charge in [0.2, 0.25) is 0 Å². The van der Waals surface area contributed by atoms with E-state index in [2.05, 4.69) is 0 Å². The molecule has 0 aromatic carbocycles. The van der Waals surface area contributed by atoms with Crippen molar-refractivity contribution in [1.29, 1.82) is 0 Å². The van der Waals surface area contributed by atoms with Gasteiger partial charge in [-0.2, -0.15) is 26.3 Å². The molecule has 2 rings (SSSR count). The Hall–Kier alpha value is -0.420. The fraction of sp³-hybridized carbons (Fsp3) is 1.00. The predicted octanol–water partition coefficient (Wildman–Crippen LogP) is 7.43. The minimum absolute atomic E-state index is 0.247. The van der Waals surface area contributed by atoms with E-state index in [9.17, 15) is 26.3 Å². The average Bonchev–Trinajstić information content (AvgIpc) is 2.97. The lowest BCUT2D eigenvalue weighted by molar-refractivity contribution is -0.235. The number of hydrogen-bond donors (Lipinski definition) is 0. The molecule has 0 aromatic heterocycles. The summed E-state index contributed by atoms with van der Waals surface area (Å²) in [6.45, 7) is 3.29. The molecule has 2 aliphatic carbocycles. The molecule has 0 spiro atoms. The lowest BCUT2D eigenvalue weighted by Crippen LogP contribution is -2.39. The lowest BCUT2D eigenvalue weighted by Gasteiger charge is -2.38. The summed E-state index contributed by atoms with van der Waals surface area (Å²) in [5.41, 5.74) is -2.67. The third kappa shape index (κ3) is 4.56. The maximum atomic E-state index is 12.6. The van der Waals surface area contributed by atoms with Crippen LogP contribution in [0.3, 0.4) is 0 Å². The number of alkyl halides is 6. The molecule has 2 aliphatic rings. The Morgan fingerprint density at radius 2 is 0.826 bits per heavy atom. The van der Waals surface area contributed by atoms with Gasteiger partial charge < -0.3 is 0 Å². The monoisotopic (exact) mass is 346 g/mol. The summed E-state index contributed by atoms with van der Waals surface area (Å²) in [5.74, 6) is 0. The van der Waals surface area contributed by atoms with E-state index in [4.69, 9.17) is 0 Å². The van der Waals surface area contributed by atoms with Gasteiger partial charge in [0.15, 0.2) is 0 Å². The van der Waals surface area contributed by atoms with Crippen molar-refractivity contribution in [2.45, 2.75) is 96.8 Å². The van der Waals surface area contributed by atoms with Crippen LogP contribution in [0.2, 0.25) is 0 Å². The molecule has 6 heteroatoms. The average molecular weight is 346 g/mol. The molecule has 0 atom stereocenters. The lowest BCUT2D eigenvalue weighted by atomic mass is 9.72. The highest BCUT2D eigenvalue weighted by Gasteiger charge is 2.54. The molecule has 2 saturated carbocycles. The summed E-state index contributed by atoms with van der Waals surface area (Å²) in [7, 11) is 0. The number of hydrogen-bond acceptors (Lipinski definition) is 0. The molecule has 0 bridgehead atoms. The molecular weight excluding hydrogens is 318 g/mol. The van der Waals surface area contributed by atoms with Crippen molar-refractivity contribution in [3.8, 4) is 0 Å². The first kappa shape index (κ1) is 20.6. The van der Waals surface area contributed by atoms with Crippen LogP contribution in [-0.2, 0) is 0 Å². The van der Waals surface area contributed by atoms with Gasteiger partial charge >= 0.3 is 12.4 Å². The summed E-state index contributed by atoms with van der Waals surface area (Å²) in [4.78, 5) is 0. The Labute approximate surface area is 135 Å². The second-order valence-corrected chi connectivity index (χ2v) is 7.03. The first-order valence-corrected chi connectivity index (χ1v) is 8.67. The molecule has 0 aromatic rings. The quantitative estimate of drug-likeness (QED) is 0.456. The Kier molecular flexibility index (Phi) is 6.85. The molecule has 23 heavy (non-hydrogen) atoms. The minimum atomic E-state index is -3.98. The third-order valence-corrected chi connectivity index (χ3v) is 5.93. The summed E-state index contributed by atoms with van der Waals surface area (Å²) in [5, 5.41) is 0. The van der Waals surface area contributed by atoms with Crippen LogP contribution in [0, 0.1) is 10.8 Å². The van der Waals surface area contributed by atoms with Gasteiger partial charge in [0.05, 0.1) is 10.8 Å². The fourth-order valence-corrected chi connectivity index (χ4v) is 3.96. The molecule has 0 heterocycles. The standard InChI is InChI=1S/C9H15F3.C8H13F3/c1-2-8(9(10,11)12)6-4-3-5-7-8;1-2-7(8(9,10)11)5-3-4-6-7/h2-7H2,1H3;2-6H2,1H3. The van der Waals surface area contributed by atoms with Gasteiger partial charge in [0.1, 0.15) is 0 Å². The van der Waals surface area contributed by atoms with Crippen LogP contribution in [0.25, 0.3) is 0 Å². The van der Waals surface area contributed by atoms with Crippen molar-refractivity contribution < 1.29 is 26.3 Å². The Morgan fingerprint density at radius 1 is 0.565 bits per heavy atom. The van der Waals surface area contributed by atoms with Gasteiger partial charge in [0, 0.05) is 0 Å². The zero-order chi connectivity index (χ0) is 17.8. The smallest absolute Gasteiger partial charge is 0.171 e. The van der Waals surface area contributed by atoms with Gasteiger partial charge in [0.25, 0.3) is 0 Å². The Balaban J connectivity index is 0.000000231. The second kappa shape index (κ2) is 7.64. The van der Waals surface area contributed by atoms with Crippen LogP contribution in [-0.4, -0.2) is 12.4 Å². The van der Waals surface area contributed by atoms with Crippen molar-refractivity contribution in [3.63, 3.8) is 0 Å². The van der Waals surface area contributed by atoms with Crippen LogP contribution in [0.1, 0.15) is 84.5 Å². The summed E-state index contributed by atoms with van der Waals surface area (Å²) in [6.07, 6.45) is -2.16. The van der Waals surface area contributed by atoms with Crippen molar-refractivity contribution >= 4 is 0 Å². The van der Waals surface area contributed by atoms with E-state index < -0.39 is 23.2 Å². The third-order valence-electron chi connectivity index (χ3n) is 5.93. The van der Waals surface area contributed by atoms with Crippen molar-refractivity contribution in [3.05, 3.63) is 0 Å². The van der Waals surface area contributed by atoms with Gasteiger partial charge in [-0.3, -0.25) is 0 Å². The Bertz CT molecular complexity index is 343. The Morgan fingerprint density at radius 3 is 1.00 bits per heavy atom. The molecule has 0 N–H and O–H groups in total. The molecule has 2 fully saturated rings. The van der Waals surface area contributed by atoms with Crippen molar-refractivity contribution in [2.24, 2.45) is 10.8 Å².